The molecule has 0 radical (unpaired) electrons. The SMILES string of the molecule is CC[C@H]1OC(=O)[C@H](C)[C@@H](OC2CC(C)(OC)C(O)C(C)O2)C(C)[C@@H](OC2OC(C)CC([N+](C)(C)Cc3ccc(NC(=O)[C@H](CCCNC(N)=O)CC(=O)[C@@H](NC(=O)CCCCCN4C(=O)C=CC4=O)C(C)C)cc3)C2O)[C@](C)(O)C[C@@H](C)CN(C)[C@H](C)[C@@H](O)[C@]1(C)O. The Morgan fingerprint density at radius 2 is 1.51 bits per heavy atom. The van der Waals surface area contributed by atoms with Crippen LogP contribution in [0.25, 0.3) is 0 Å². The number of Topliss-reactive ketones (excluding diaryl/α,β-unsaturated/α-hetero) is 1. The minimum absolute atomic E-state index is 0.0559. The Kier molecular flexibility index (Phi) is 28.3. The zero-order chi connectivity index (χ0) is 69.0. The lowest BCUT2D eigenvalue weighted by Crippen LogP contribution is -2.64. The molecule has 1 aromatic carbocycles. The van der Waals surface area contributed by atoms with Crippen LogP contribution in [-0.2, 0) is 63.7 Å². The molecular weight excluding hydrogens is 1190 g/mol. The Morgan fingerprint density at radius 1 is 0.870 bits per heavy atom. The maximum absolute atomic E-state index is 14.6. The van der Waals surface area contributed by atoms with Crippen LogP contribution >= 0.6 is 0 Å². The van der Waals surface area contributed by atoms with Crippen molar-refractivity contribution in [3.63, 3.8) is 0 Å². The van der Waals surface area contributed by atoms with Crippen molar-refractivity contribution in [2.75, 3.05) is 53.2 Å². The number of nitrogens with two attached hydrogens (primary N) is 1. The first-order valence-corrected chi connectivity index (χ1v) is 33.1. The standard InChI is InChI=1S/C67H111N7O18/c1-17-50-67(12,86)58(80)43(8)72(13)36-39(4)34-65(10,85)60(41(6)57(42(7)62(83)90-50)91-54-35-66(11,87-16)59(81)44(9)89-54)92-63-56(79)48(32-40(5)88-63)74(14,15)37-45-24-26-47(27-25-45)70-61(82)46(22-21-30-69-64(68)84)33-49(75)55(38(2)3)71-51(76)23-19-18-20-31-73-52(77)28-29-53(73)78/h24-29,38-44,46,48,50,54-60,63,79-81,85-86H,17-23,30-37H2,1-16H3,(H4-,68,69,70,71,76,82,84)/p+1/t39-,40?,41?,42-,43-,44?,46-,48?,50-,54?,55+,56?,57+,58-,59?,60-,63?,65-,66?,67-/m1/s1. The first-order chi connectivity index (χ1) is 42.9. The third-order valence-electron chi connectivity index (χ3n) is 19.6. The molecule has 4 heterocycles. The second kappa shape index (κ2) is 33.6. The number of anilines is 1. The largest absolute Gasteiger partial charge is 0.459 e. The second-order valence-corrected chi connectivity index (χ2v) is 28.4. The molecule has 3 fully saturated rings. The predicted octanol–water partition coefficient (Wildman–Crippen LogP) is 4.20. The number of amides is 6. The lowest BCUT2D eigenvalue weighted by atomic mass is 9.77. The van der Waals surface area contributed by atoms with Gasteiger partial charge in [-0.1, -0.05) is 53.2 Å². The third kappa shape index (κ3) is 20.5. The Hall–Kier alpha value is -5.03. The molecule has 3 saturated heterocycles. The number of hydrogen-bond donors (Lipinski definition) is 9. The molecule has 0 aliphatic carbocycles. The number of nitrogens with one attached hydrogen (secondary N) is 3. The van der Waals surface area contributed by atoms with Crippen molar-refractivity contribution in [3.8, 4) is 0 Å². The van der Waals surface area contributed by atoms with Crippen LogP contribution in [0.5, 0.6) is 0 Å². The van der Waals surface area contributed by atoms with Crippen LogP contribution in [0, 0.1) is 29.6 Å². The molecule has 9 unspecified atom stereocenters. The Labute approximate surface area is 544 Å². The molecule has 0 aromatic heterocycles. The van der Waals surface area contributed by atoms with Gasteiger partial charge in [0.1, 0.15) is 36.5 Å². The van der Waals surface area contributed by atoms with Crippen LogP contribution in [-0.4, -0.2) is 225 Å². The zero-order valence-corrected chi connectivity index (χ0v) is 57.4. The summed E-state index contributed by atoms with van der Waals surface area (Å²) in [5.41, 5.74) is 1.91. The minimum Gasteiger partial charge on any atom is -0.459 e. The summed E-state index contributed by atoms with van der Waals surface area (Å²) in [4.78, 5) is 94.2. The quantitative estimate of drug-likeness (QED) is 0.0271. The normalized spacial score (nSPS) is 34.6. The number of primary amides is 1. The van der Waals surface area contributed by atoms with Crippen LogP contribution in [0.3, 0.4) is 0 Å². The summed E-state index contributed by atoms with van der Waals surface area (Å²) in [7, 11) is 7.26. The molecule has 25 nitrogen and oxygen atoms in total. The van der Waals surface area contributed by atoms with Gasteiger partial charge in [0.2, 0.25) is 11.8 Å². The highest BCUT2D eigenvalue weighted by molar-refractivity contribution is 6.12. The number of likely N-dealkylation sites (N-methyl/N-ethyl adjacent to an activating group) is 2. The number of methoxy groups -OCH3 is 1. The highest BCUT2D eigenvalue weighted by Gasteiger charge is 2.54. The van der Waals surface area contributed by atoms with Gasteiger partial charge >= 0.3 is 12.0 Å². The number of carbonyl (C=O) groups excluding carboxylic acids is 7. The number of urea groups is 1. The molecule has 25 heteroatoms. The van der Waals surface area contributed by atoms with Crippen LogP contribution < -0.4 is 21.7 Å². The molecule has 10 N–H and O–H groups in total. The van der Waals surface area contributed by atoms with Crippen molar-refractivity contribution in [1.82, 2.24) is 20.4 Å². The van der Waals surface area contributed by atoms with E-state index < -0.39 is 132 Å². The van der Waals surface area contributed by atoms with E-state index in [1.165, 1.54) is 26.2 Å². The molecule has 5 rings (SSSR count). The number of unbranched alkanes of at least 4 members (excludes halogenated alkanes) is 2. The fourth-order valence-corrected chi connectivity index (χ4v) is 13.9. The summed E-state index contributed by atoms with van der Waals surface area (Å²) in [6, 6.07) is 4.49. The van der Waals surface area contributed by atoms with E-state index in [9.17, 15) is 59.1 Å². The van der Waals surface area contributed by atoms with E-state index in [0.29, 0.717) is 50.9 Å². The summed E-state index contributed by atoms with van der Waals surface area (Å²) in [6.07, 6.45) is -5.45. The van der Waals surface area contributed by atoms with Gasteiger partial charge in [0.15, 0.2) is 24.5 Å². The number of aliphatic hydroxyl groups is 5. The van der Waals surface area contributed by atoms with Crippen molar-refractivity contribution in [1.29, 1.82) is 0 Å². The highest BCUT2D eigenvalue weighted by Crippen LogP contribution is 2.41. The lowest BCUT2D eigenvalue weighted by molar-refractivity contribution is -0.934. The average Bonchev–Trinajstić information content (AvgIpc) is 0.823. The van der Waals surface area contributed by atoms with Gasteiger partial charge < -0.3 is 85.0 Å². The number of esters is 1. The molecule has 92 heavy (non-hydrogen) atoms. The number of imide groups is 1. The van der Waals surface area contributed by atoms with E-state index in [1.54, 1.807) is 74.4 Å². The van der Waals surface area contributed by atoms with E-state index in [-0.39, 0.29) is 91.4 Å². The third-order valence-corrected chi connectivity index (χ3v) is 19.6. The monoisotopic (exact) mass is 1300 g/mol. The molecule has 0 saturated carbocycles. The number of carbonyl (C=O) groups is 7. The van der Waals surface area contributed by atoms with Gasteiger partial charge in [0.05, 0.1) is 61.7 Å². The molecule has 0 spiro atoms. The Morgan fingerprint density at radius 3 is 2.11 bits per heavy atom. The van der Waals surface area contributed by atoms with Gasteiger partial charge in [-0.25, -0.2) is 4.79 Å². The Bertz CT molecular complexity index is 2640. The van der Waals surface area contributed by atoms with E-state index in [4.69, 9.17) is 34.2 Å². The van der Waals surface area contributed by atoms with Crippen molar-refractivity contribution < 1.29 is 92.0 Å². The first-order valence-electron chi connectivity index (χ1n) is 33.1. The van der Waals surface area contributed by atoms with Crippen molar-refractivity contribution in [2.24, 2.45) is 35.3 Å². The topological polar surface area (TPSA) is 345 Å². The summed E-state index contributed by atoms with van der Waals surface area (Å²) < 4.78 is 38.8. The molecule has 6 amide bonds. The highest BCUT2D eigenvalue weighted by atomic mass is 16.7. The number of aliphatic hydroxyl groups excluding tert-OH is 3. The average molecular weight is 1300 g/mol. The Balaban J connectivity index is 1.36. The predicted molar refractivity (Wildman–Crippen MR) is 342 cm³/mol. The summed E-state index contributed by atoms with van der Waals surface area (Å²) in [5, 5.41) is 68.9. The van der Waals surface area contributed by atoms with Gasteiger partial charge in [-0.15, -0.1) is 0 Å². The van der Waals surface area contributed by atoms with Crippen LogP contribution in [0.1, 0.15) is 159 Å². The number of nitrogens with zero attached hydrogens (tertiary/aromatic N) is 3. The number of ether oxygens (including phenoxy) is 6. The van der Waals surface area contributed by atoms with E-state index in [2.05, 4.69) is 16.0 Å². The number of ketones is 1. The fraction of sp³-hybridized carbons (Fsp3) is 0.776. The molecular formula is C67H112N7O18+. The van der Waals surface area contributed by atoms with Crippen LogP contribution in [0.2, 0.25) is 0 Å². The smallest absolute Gasteiger partial charge is 0.312 e. The van der Waals surface area contributed by atoms with Crippen molar-refractivity contribution >= 4 is 47.1 Å². The molecule has 4 aliphatic heterocycles. The van der Waals surface area contributed by atoms with Gasteiger partial charge in [-0.2, -0.15) is 0 Å². The van der Waals surface area contributed by atoms with Crippen LogP contribution in [0.4, 0.5) is 10.5 Å². The van der Waals surface area contributed by atoms with Gasteiger partial charge in [0.25, 0.3) is 11.8 Å². The first kappa shape index (κ1) is 77.7. The molecule has 1 aromatic rings. The second-order valence-electron chi connectivity index (χ2n) is 28.4. The minimum atomic E-state index is -1.88. The molecule has 4 aliphatic rings. The van der Waals surface area contributed by atoms with Gasteiger partial charge in [0, 0.05) is 93.7 Å². The molecule has 522 valence electrons. The summed E-state index contributed by atoms with van der Waals surface area (Å²) in [6.45, 7) is 22.1. The summed E-state index contributed by atoms with van der Waals surface area (Å²) >= 11 is 0. The fourth-order valence-electron chi connectivity index (χ4n) is 13.9. The van der Waals surface area contributed by atoms with E-state index >= 15 is 0 Å². The van der Waals surface area contributed by atoms with Crippen molar-refractivity contribution in [3.05, 3.63) is 42.0 Å². The van der Waals surface area contributed by atoms with Gasteiger partial charge in [-0.05, 0) is 118 Å². The maximum Gasteiger partial charge on any atom is 0.312 e. The molecule has 0 bridgehead atoms. The van der Waals surface area contributed by atoms with E-state index in [0.717, 1.165) is 10.5 Å². The zero-order valence-electron chi connectivity index (χ0n) is 57.4. The maximum atomic E-state index is 14.6. The number of rotatable bonds is 26. The lowest BCUT2D eigenvalue weighted by Gasteiger charge is -2.50. The molecule has 20 atom stereocenters. The van der Waals surface area contributed by atoms with E-state index in [1.807, 2.05) is 52.0 Å². The summed E-state index contributed by atoms with van der Waals surface area (Å²) in [5.74, 6) is -5.99. The number of cyclic esters (lactones) is 1. The number of benzene rings is 1. The number of hydrogen-bond acceptors (Lipinski definition) is 19. The van der Waals surface area contributed by atoms with Crippen LogP contribution in [0.15, 0.2) is 36.4 Å². The van der Waals surface area contributed by atoms with Gasteiger partial charge in [-0.3, -0.25) is 33.7 Å². The van der Waals surface area contributed by atoms with Crippen molar-refractivity contribution in [2.45, 2.75) is 257 Å². The number of quaternary nitrogens is 1.